The van der Waals surface area contributed by atoms with Gasteiger partial charge in [-0.1, -0.05) is 6.07 Å². The Balaban J connectivity index is 1.99. The molecule has 158 valence electrons. The van der Waals surface area contributed by atoms with E-state index in [1.165, 1.54) is 13.0 Å². The fourth-order valence-electron chi connectivity index (χ4n) is 2.60. The van der Waals surface area contributed by atoms with Crippen molar-refractivity contribution in [2.45, 2.75) is 22.8 Å². The lowest BCUT2D eigenvalue weighted by Gasteiger charge is -2.12. The lowest BCUT2D eigenvalue weighted by atomic mass is 10.2. The quantitative estimate of drug-likeness (QED) is 0.345. The Morgan fingerprint density at radius 1 is 1.07 bits per heavy atom. The van der Waals surface area contributed by atoms with Crippen LogP contribution in [0.25, 0.3) is 0 Å². The highest BCUT2D eigenvalue weighted by atomic mass is 32.2. The van der Waals surface area contributed by atoms with Gasteiger partial charge in [0.15, 0.2) is 6.04 Å². The molecule has 0 saturated carbocycles. The molecule has 0 bridgehead atoms. The van der Waals surface area contributed by atoms with Gasteiger partial charge in [-0.25, -0.2) is 0 Å². The van der Waals surface area contributed by atoms with Gasteiger partial charge in [0.25, 0.3) is 26.1 Å². The molecule has 4 N–H and O–H groups in total. The zero-order valence-corrected chi connectivity index (χ0v) is 16.9. The van der Waals surface area contributed by atoms with Crippen LogP contribution in [0.5, 0.6) is 0 Å². The van der Waals surface area contributed by atoms with Crippen molar-refractivity contribution >= 4 is 48.9 Å². The SMILES string of the molecule is CC1=NN(c2cccc(N)c2)C(=O)C1N=Nc1cc(S(=O)(=O)O)ccc1S(=O)(=O)O. The molecule has 0 fully saturated rings. The molecule has 0 aliphatic carbocycles. The summed E-state index contributed by atoms with van der Waals surface area (Å²) in [5, 5.41) is 12.5. The minimum Gasteiger partial charge on any atom is -0.399 e. The van der Waals surface area contributed by atoms with E-state index in [1.807, 2.05) is 0 Å². The summed E-state index contributed by atoms with van der Waals surface area (Å²) in [5.41, 5.74) is 6.12. The molecular formula is C16H15N5O7S2. The highest BCUT2D eigenvalue weighted by Gasteiger charge is 2.35. The second kappa shape index (κ2) is 7.56. The third kappa shape index (κ3) is 4.35. The Labute approximate surface area is 171 Å². The number of benzene rings is 2. The van der Waals surface area contributed by atoms with Crippen LogP contribution in [0.4, 0.5) is 17.1 Å². The number of nitrogens with zero attached hydrogens (tertiary/aromatic N) is 4. The van der Waals surface area contributed by atoms with Gasteiger partial charge in [-0.3, -0.25) is 13.9 Å². The van der Waals surface area contributed by atoms with Gasteiger partial charge >= 0.3 is 0 Å². The van der Waals surface area contributed by atoms with Crippen molar-refractivity contribution in [2.24, 2.45) is 15.3 Å². The highest BCUT2D eigenvalue weighted by molar-refractivity contribution is 7.86. The molecule has 14 heteroatoms. The van der Waals surface area contributed by atoms with Gasteiger partial charge in [0, 0.05) is 5.69 Å². The van der Waals surface area contributed by atoms with E-state index in [1.54, 1.807) is 18.2 Å². The fraction of sp³-hybridized carbons (Fsp3) is 0.125. The van der Waals surface area contributed by atoms with Gasteiger partial charge in [-0.2, -0.15) is 37.2 Å². The van der Waals surface area contributed by atoms with Gasteiger partial charge in [0.1, 0.15) is 10.6 Å². The summed E-state index contributed by atoms with van der Waals surface area (Å²) >= 11 is 0. The Morgan fingerprint density at radius 3 is 2.37 bits per heavy atom. The van der Waals surface area contributed by atoms with Crippen LogP contribution < -0.4 is 10.7 Å². The molecule has 0 aromatic heterocycles. The maximum Gasteiger partial charge on any atom is 0.296 e. The largest absolute Gasteiger partial charge is 0.399 e. The first-order valence-electron chi connectivity index (χ1n) is 8.12. The standard InChI is InChI=1S/C16H15N5O7S2/c1-9-15(16(22)21(20-9)11-4-2-3-10(17)7-11)19-18-13-8-12(29(23,24)25)5-6-14(13)30(26,27)28/h2-8,15H,17H2,1H3,(H,23,24,25)(H,26,27,28). The molecule has 2 aromatic carbocycles. The lowest BCUT2D eigenvalue weighted by molar-refractivity contribution is -0.117. The predicted molar refractivity (Wildman–Crippen MR) is 106 cm³/mol. The number of hydrogen-bond donors (Lipinski definition) is 3. The second-order valence-corrected chi connectivity index (χ2v) is 9.00. The molecule has 0 spiro atoms. The molecule has 2 aromatic rings. The Kier molecular flexibility index (Phi) is 5.42. The van der Waals surface area contributed by atoms with E-state index in [2.05, 4.69) is 15.3 Å². The average molecular weight is 453 g/mol. The number of hydrogen-bond acceptors (Lipinski definition) is 9. The van der Waals surface area contributed by atoms with E-state index < -0.39 is 47.7 Å². The first-order chi connectivity index (χ1) is 13.9. The molecule has 1 aliphatic rings. The molecular weight excluding hydrogens is 438 g/mol. The van der Waals surface area contributed by atoms with E-state index in [0.717, 1.165) is 17.1 Å². The topological polar surface area (TPSA) is 192 Å². The summed E-state index contributed by atoms with van der Waals surface area (Å²) in [7, 11) is -9.48. The molecule has 1 heterocycles. The normalized spacial score (nSPS) is 17.6. The van der Waals surface area contributed by atoms with Crippen LogP contribution >= 0.6 is 0 Å². The zero-order valence-electron chi connectivity index (χ0n) is 15.2. The zero-order chi connectivity index (χ0) is 22.3. The molecule has 0 radical (unpaired) electrons. The van der Waals surface area contributed by atoms with Gasteiger partial charge in [-0.05, 0) is 43.3 Å². The third-order valence-corrected chi connectivity index (χ3v) is 5.75. The predicted octanol–water partition coefficient (Wildman–Crippen LogP) is 1.64. The summed E-state index contributed by atoms with van der Waals surface area (Å²) in [4.78, 5) is 11.2. The Bertz CT molecular complexity index is 1300. The third-order valence-electron chi connectivity index (χ3n) is 4.00. The van der Waals surface area contributed by atoms with Crippen molar-refractivity contribution in [3.05, 3.63) is 42.5 Å². The van der Waals surface area contributed by atoms with Gasteiger partial charge in [0.05, 0.1) is 16.3 Å². The van der Waals surface area contributed by atoms with E-state index in [9.17, 15) is 26.2 Å². The van der Waals surface area contributed by atoms with Crippen LogP contribution in [-0.2, 0) is 25.0 Å². The smallest absolute Gasteiger partial charge is 0.296 e. The minimum absolute atomic E-state index is 0.227. The van der Waals surface area contributed by atoms with Gasteiger partial charge in [0.2, 0.25) is 0 Å². The number of azo groups is 1. The van der Waals surface area contributed by atoms with E-state index >= 15 is 0 Å². The molecule has 1 amide bonds. The summed E-state index contributed by atoms with van der Waals surface area (Å²) in [6, 6.07) is 7.33. The summed E-state index contributed by atoms with van der Waals surface area (Å²) in [6.45, 7) is 1.49. The first kappa shape index (κ1) is 21.5. The van der Waals surface area contributed by atoms with Crippen LogP contribution in [-0.4, -0.2) is 43.6 Å². The Hall–Kier alpha value is -3.20. The monoisotopic (exact) mass is 453 g/mol. The maximum atomic E-state index is 12.7. The lowest BCUT2D eigenvalue weighted by Crippen LogP contribution is -2.29. The number of hydrazone groups is 1. The average Bonchev–Trinajstić information content (AvgIpc) is 2.92. The number of anilines is 2. The number of rotatable bonds is 5. The minimum atomic E-state index is -4.80. The second-order valence-electron chi connectivity index (χ2n) is 6.18. The fourth-order valence-corrected chi connectivity index (χ4v) is 3.71. The summed E-state index contributed by atoms with van der Waals surface area (Å²) in [6.07, 6.45) is 0. The first-order valence-corrected chi connectivity index (χ1v) is 11.0. The van der Waals surface area contributed by atoms with Crippen LogP contribution in [0.1, 0.15) is 6.92 Å². The van der Waals surface area contributed by atoms with Crippen LogP contribution in [0.2, 0.25) is 0 Å². The van der Waals surface area contributed by atoms with Crippen molar-refractivity contribution in [3.63, 3.8) is 0 Å². The van der Waals surface area contributed by atoms with Crippen molar-refractivity contribution in [1.29, 1.82) is 0 Å². The molecule has 30 heavy (non-hydrogen) atoms. The highest BCUT2D eigenvalue weighted by Crippen LogP contribution is 2.29. The van der Waals surface area contributed by atoms with Crippen molar-refractivity contribution in [2.75, 3.05) is 10.7 Å². The van der Waals surface area contributed by atoms with Crippen LogP contribution in [0.15, 0.2) is 67.6 Å². The summed E-state index contributed by atoms with van der Waals surface area (Å²) in [5.74, 6) is -0.610. The number of nitrogens with two attached hydrogens (primary N) is 1. The molecule has 1 unspecified atom stereocenters. The number of nitrogen functional groups attached to an aromatic ring is 1. The molecule has 1 atom stereocenters. The number of carbonyl (C=O) groups excluding carboxylic acids is 1. The maximum absolute atomic E-state index is 12.7. The van der Waals surface area contributed by atoms with E-state index in [-0.39, 0.29) is 5.71 Å². The molecule has 0 saturated heterocycles. The van der Waals surface area contributed by atoms with Crippen LogP contribution in [0.3, 0.4) is 0 Å². The van der Waals surface area contributed by atoms with Crippen molar-refractivity contribution in [1.82, 2.24) is 0 Å². The molecule has 3 rings (SSSR count). The van der Waals surface area contributed by atoms with Gasteiger partial charge in [-0.15, -0.1) is 0 Å². The van der Waals surface area contributed by atoms with Crippen LogP contribution in [0, 0.1) is 0 Å². The number of carbonyl (C=O) groups is 1. The molecule has 12 nitrogen and oxygen atoms in total. The van der Waals surface area contributed by atoms with Gasteiger partial charge < -0.3 is 5.73 Å². The summed E-state index contributed by atoms with van der Waals surface area (Å²) < 4.78 is 64.2. The Morgan fingerprint density at radius 2 is 1.77 bits per heavy atom. The molecule has 1 aliphatic heterocycles. The van der Waals surface area contributed by atoms with E-state index in [0.29, 0.717) is 17.4 Å². The van der Waals surface area contributed by atoms with E-state index in [4.69, 9.17) is 10.3 Å². The number of amides is 1. The van der Waals surface area contributed by atoms with Crippen molar-refractivity contribution in [3.8, 4) is 0 Å². The van der Waals surface area contributed by atoms with Crippen molar-refractivity contribution < 1.29 is 30.7 Å².